The third kappa shape index (κ3) is 4.79. The lowest BCUT2D eigenvalue weighted by atomic mass is 9.88. The van der Waals surface area contributed by atoms with Crippen LogP contribution in [0.1, 0.15) is 44.1 Å². The number of amides is 1. The Morgan fingerprint density at radius 3 is 2.65 bits per heavy atom. The first-order valence-corrected chi connectivity index (χ1v) is 11.3. The highest BCUT2D eigenvalue weighted by Crippen LogP contribution is 2.32. The molecule has 1 heterocycles. The van der Waals surface area contributed by atoms with Gasteiger partial charge in [0, 0.05) is 42.8 Å². The van der Waals surface area contributed by atoms with Crippen molar-refractivity contribution in [2.45, 2.75) is 51.1 Å². The van der Waals surface area contributed by atoms with Gasteiger partial charge in [0.05, 0.1) is 10.7 Å². The molecule has 1 amide bonds. The first-order valence-electron chi connectivity index (χ1n) is 11.0. The molecule has 0 unspecified atom stereocenters. The second-order valence-corrected chi connectivity index (χ2v) is 9.02. The first kappa shape index (κ1) is 21.9. The van der Waals surface area contributed by atoms with Crippen LogP contribution in [-0.4, -0.2) is 29.9 Å². The van der Waals surface area contributed by atoms with Crippen molar-refractivity contribution in [3.63, 3.8) is 0 Å². The van der Waals surface area contributed by atoms with Gasteiger partial charge in [-0.25, -0.2) is 8.78 Å². The lowest BCUT2D eigenvalue weighted by molar-refractivity contribution is -0.135. The summed E-state index contributed by atoms with van der Waals surface area (Å²) in [6.45, 7) is 1.42. The third-order valence-corrected chi connectivity index (χ3v) is 6.89. The van der Waals surface area contributed by atoms with Crippen molar-refractivity contribution < 1.29 is 13.6 Å². The molecular formula is C24H28ClF2N3O. The maximum atomic E-state index is 14.4. The molecule has 2 aromatic carbocycles. The molecule has 0 spiro atoms. The summed E-state index contributed by atoms with van der Waals surface area (Å²) in [5.41, 5.74) is 7.38. The molecule has 2 aromatic rings. The molecule has 1 saturated heterocycles. The first-order chi connectivity index (χ1) is 14.9. The summed E-state index contributed by atoms with van der Waals surface area (Å²) in [6.07, 6.45) is 6.12. The molecule has 4 nitrogen and oxygen atoms in total. The van der Waals surface area contributed by atoms with Crippen LogP contribution in [0.25, 0.3) is 0 Å². The van der Waals surface area contributed by atoms with Gasteiger partial charge in [-0.05, 0) is 43.5 Å². The Bertz CT molecular complexity index is 948. The largest absolute Gasteiger partial charge is 0.398 e. The van der Waals surface area contributed by atoms with Gasteiger partial charge in [-0.2, -0.15) is 0 Å². The summed E-state index contributed by atoms with van der Waals surface area (Å²) in [7, 11) is 0. The van der Waals surface area contributed by atoms with E-state index in [1.165, 1.54) is 12.5 Å². The lowest BCUT2D eigenvalue weighted by Crippen LogP contribution is -2.40. The van der Waals surface area contributed by atoms with Crippen LogP contribution in [-0.2, 0) is 11.3 Å². The van der Waals surface area contributed by atoms with Gasteiger partial charge in [0.25, 0.3) is 0 Å². The SMILES string of the molecule is Nc1ccc(N(Cc2cccc(F)c2F)[C@H]2CCN(C(=O)C3CCCCC3)C2)cc1Cl. The summed E-state index contributed by atoms with van der Waals surface area (Å²) in [6, 6.07) is 9.49. The van der Waals surface area contributed by atoms with Gasteiger partial charge >= 0.3 is 0 Å². The van der Waals surface area contributed by atoms with Crippen molar-refractivity contribution in [2.24, 2.45) is 5.92 Å². The number of hydrogen-bond acceptors (Lipinski definition) is 3. The number of benzene rings is 2. The van der Waals surface area contributed by atoms with Crippen molar-refractivity contribution in [1.29, 1.82) is 0 Å². The summed E-state index contributed by atoms with van der Waals surface area (Å²) < 4.78 is 28.3. The monoisotopic (exact) mass is 447 g/mol. The van der Waals surface area contributed by atoms with Crippen LogP contribution >= 0.6 is 11.6 Å². The second-order valence-electron chi connectivity index (χ2n) is 8.61. The lowest BCUT2D eigenvalue weighted by Gasteiger charge is -2.32. The Kier molecular flexibility index (Phi) is 6.65. The maximum Gasteiger partial charge on any atom is 0.225 e. The fourth-order valence-electron chi connectivity index (χ4n) is 4.78. The zero-order valence-corrected chi connectivity index (χ0v) is 18.3. The van der Waals surface area contributed by atoms with Crippen LogP contribution in [0, 0.1) is 17.6 Å². The number of carbonyl (C=O) groups is 1. The van der Waals surface area contributed by atoms with Gasteiger partial charge in [0.1, 0.15) is 0 Å². The fourth-order valence-corrected chi connectivity index (χ4v) is 4.96. The van der Waals surface area contributed by atoms with Crippen LogP contribution in [0.3, 0.4) is 0 Å². The van der Waals surface area contributed by atoms with E-state index in [-0.39, 0.29) is 30.0 Å². The highest BCUT2D eigenvalue weighted by Gasteiger charge is 2.34. The molecule has 2 aliphatic rings. The number of carbonyl (C=O) groups excluding carboxylic acids is 1. The van der Waals surface area contributed by atoms with E-state index < -0.39 is 11.6 Å². The standard InChI is InChI=1S/C24H28ClF2N3O/c25-20-13-18(9-10-22(20)28)30(14-17-7-4-8-21(26)23(17)27)19-11-12-29(15-19)24(31)16-5-2-1-3-6-16/h4,7-10,13,16,19H,1-3,5-6,11-12,14-15,28H2/t19-/m0/s1. The number of nitrogen functional groups attached to an aromatic ring is 1. The minimum atomic E-state index is -0.867. The highest BCUT2D eigenvalue weighted by atomic mass is 35.5. The van der Waals surface area contributed by atoms with E-state index in [0.29, 0.717) is 23.8 Å². The summed E-state index contributed by atoms with van der Waals surface area (Å²) in [5.74, 6) is -1.36. The molecule has 1 aliphatic heterocycles. The van der Waals surface area contributed by atoms with Crippen molar-refractivity contribution in [1.82, 2.24) is 4.90 Å². The highest BCUT2D eigenvalue weighted by molar-refractivity contribution is 6.33. The molecule has 0 bridgehead atoms. The second kappa shape index (κ2) is 9.43. The Morgan fingerprint density at radius 2 is 1.90 bits per heavy atom. The fraction of sp³-hybridized carbons (Fsp3) is 0.458. The molecule has 2 fully saturated rings. The molecule has 31 heavy (non-hydrogen) atoms. The van der Waals surface area contributed by atoms with E-state index in [1.54, 1.807) is 18.2 Å². The molecule has 1 saturated carbocycles. The van der Waals surface area contributed by atoms with E-state index in [4.69, 9.17) is 17.3 Å². The number of nitrogens with two attached hydrogens (primary N) is 1. The summed E-state index contributed by atoms with van der Waals surface area (Å²) in [4.78, 5) is 17.0. The van der Waals surface area contributed by atoms with E-state index in [9.17, 15) is 13.6 Å². The van der Waals surface area contributed by atoms with Crippen LogP contribution in [0.2, 0.25) is 5.02 Å². The van der Waals surface area contributed by atoms with Gasteiger partial charge in [-0.1, -0.05) is 43.0 Å². The quantitative estimate of drug-likeness (QED) is 0.625. The molecule has 0 radical (unpaired) electrons. The van der Waals surface area contributed by atoms with Crippen molar-refractivity contribution in [3.05, 3.63) is 58.6 Å². The molecule has 2 N–H and O–H groups in total. The summed E-state index contributed by atoms with van der Waals surface area (Å²) >= 11 is 6.25. The van der Waals surface area contributed by atoms with Crippen LogP contribution in [0.5, 0.6) is 0 Å². The minimum absolute atomic E-state index is 0.0186. The molecule has 1 aliphatic carbocycles. The van der Waals surface area contributed by atoms with Crippen LogP contribution in [0.15, 0.2) is 36.4 Å². The van der Waals surface area contributed by atoms with Gasteiger partial charge < -0.3 is 15.5 Å². The number of nitrogens with zero attached hydrogens (tertiary/aromatic N) is 2. The van der Waals surface area contributed by atoms with Crippen LogP contribution in [0.4, 0.5) is 20.2 Å². The smallest absolute Gasteiger partial charge is 0.225 e. The molecule has 166 valence electrons. The number of halogens is 3. The van der Waals surface area contributed by atoms with E-state index in [1.807, 2.05) is 15.9 Å². The van der Waals surface area contributed by atoms with Gasteiger partial charge in [0.2, 0.25) is 5.91 Å². The zero-order valence-electron chi connectivity index (χ0n) is 17.5. The zero-order chi connectivity index (χ0) is 22.0. The average molecular weight is 448 g/mol. The molecule has 1 atom stereocenters. The number of rotatable bonds is 5. The predicted molar refractivity (Wildman–Crippen MR) is 120 cm³/mol. The van der Waals surface area contributed by atoms with E-state index >= 15 is 0 Å². The third-order valence-electron chi connectivity index (χ3n) is 6.56. The Labute approximate surface area is 187 Å². The van der Waals surface area contributed by atoms with E-state index in [0.717, 1.165) is 43.9 Å². The Balaban J connectivity index is 1.57. The summed E-state index contributed by atoms with van der Waals surface area (Å²) in [5, 5.41) is 0.412. The van der Waals surface area contributed by atoms with Crippen LogP contribution < -0.4 is 10.6 Å². The number of likely N-dealkylation sites (tertiary alicyclic amines) is 1. The maximum absolute atomic E-state index is 14.4. The molecule has 0 aromatic heterocycles. The Hall–Kier alpha value is -2.34. The van der Waals surface area contributed by atoms with Gasteiger partial charge in [-0.3, -0.25) is 4.79 Å². The van der Waals surface area contributed by atoms with Crippen molar-refractivity contribution in [3.8, 4) is 0 Å². The molecule has 4 rings (SSSR count). The van der Waals surface area contributed by atoms with Gasteiger partial charge in [0.15, 0.2) is 11.6 Å². The average Bonchev–Trinajstić information content (AvgIpc) is 3.27. The molecule has 7 heteroatoms. The minimum Gasteiger partial charge on any atom is -0.398 e. The Morgan fingerprint density at radius 1 is 1.13 bits per heavy atom. The van der Waals surface area contributed by atoms with E-state index in [2.05, 4.69) is 0 Å². The number of anilines is 2. The van der Waals surface area contributed by atoms with Crippen molar-refractivity contribution >= 4 is 28.9 Å². The number of hydrogen-bond donors (Lipinski definition) is 1. The predicted octanol–water partition coefficient (Wildman–Crippen LogP) is 5.39. The molecular weight excluding hydrogens is 420 g/mol. The van der Waals surface area contributed by atoms with Crippen molar-refractivity contribution in [2.75, 3.05) is 23.7 Å². The normalized spacial score (nSPS) is 19.6. The topological polar surface area (TPSA) is 49.6 Å². The van der Waals surface area contributed by atoms with Gasteiger partial charge in [-0.15, -0.1) is 0 Å².